The highest BCUT2D eigenvalue weighted by molar-refractivity contribution is 6.14. The van der Waals surface area contributed by atoms with Crippen molar-refractivity contribution in [1.82, 2.24) is 0 Å². The molecule has 0 spiro atoms. The number of hydrogen-bond donors (Lipinski definition) is 0. The molecule has 76 valence electrons. The molecular weight excluding hydrogens is 182 g/mol. The van der Waals surface area contributed by atoms with Crippen molar-refractivity contribution < 1.29 is 0 Å². The molecule has 0 aliphatic carbocycles. The number of aliphatic imine (C=N–C) groups is 1. The molecule has 0 heterocycles. The first-order valence-corrected chi connectivity index (χ1v) is 4.81. The summed E-state index contributed by atoms with van der Waals surface area (Å²) in [4.78, 5) is 4.28. The molecule has 0 saturated carbocycles. The molecule has 0 radical (unpaired) electrons. The lowest BCUT2D eigenvalue weighted by molar-refractivity contribution is 1.42. The molecule has 1 aromatic carbocycles. The molecular formula is C14H15N. The predicted molar refractivity (Wildman–Crippen MR) is 67.4 cm³/mol. The van der Waals surface area contributed by atoms with Crippen LogP contribution in [0.3, 0.4) is 0 Å². The molecule has 0 N–H and O–H groups in total. The van der Waals surface area contributed by atoms with Gasteiger partial charge in [-0.25, -0.2) is 0 Å². The molecule has 0 aromatic heterocycles. The largest absolute Gasteiger partial charge is 0.287 e. The van der Waals surface area contributed by atoms with Gasteiger partial charge in [-0.2, -0.15) is 0 Å². The van der Waals surface area contributed by atoms with Crippen molar-refractivity contribution in [3.63, 3.8) is 0 Å². The molecule has 1 aromatic rings. The standard InChI is InChI=1S/C14H15N/c1-4-9-12(5-2)14(15-3)13-10-7-6-8-11-13/h4-11H,1-2H2,3H3/b12-9+,15-14?. The van der Waals surface area contributed by atoms with Crippen molar-refractivity contribution in [3.8, 4) is 0 Å². The Morgan fingerprint density at radius 2 is 1.87 bits per heavy atom. The molecule has 1 rings (SSSR count). The lowest BCUT2D eigenvalue weighted by Crippen LogP contribution is -2.02. The quantitative estimate of drug-likeness (QED) is 0.518. The van der Waals surface area contributed by atoms with E-state index in [0.717, 1.165) is 16.8 Å². The van der Waals surface area contributed by atoms with E-state index in [2.05, 4.69) is 18.2 Å². The van der Waals surface area contributed by atoms with Crippen LogP contribution in [0.4, 0.5) is 0 Å². The van der Waals surface area contributed by atoms with E-state index in [-0.39, 0.29) is 0 Å². The van der Waals surface area contributed by atoms with Crippen LogP contribution in [0.5, 0.6) is 0 Å². The molecule has 1 nitrogen and oxygen atoms in total. The maximum atomic E-state index is 4.28. The van der Waals surface area contributed by atoms with Crippen LogP contribution in [0.2, 0.25) is 0 Å². The maximum Gasteiger partial charge on any atom is 0.0715 e. The Morgan fingerprint density at radius 3 is 2.33 bits per heavy atom. The molecule has 0 fully saturated rings. The summed E-state index contributed by atoms with van der Waals surface area (Å²) in [6.45, 7) is 7.46. The lowest BCUT2D eigenvalue weighted by atomic mass is 10.0. The van der Waals surface area contributed by atoms with E-state index >= 15 is 0 Å². The topological polar surface area (TPSA) is 12.4 Å². The highest BCUT2D eigenvalue weighted by Gasteiger charge is 2.04. The van der Waals surface area contributed by atoms with Gasteiger partial charge in [0.05, 0.1) is 5.71 Å². The van der Waals surface area contributed by atoms with Gasteiger partial charge in [0.2, 0.25) is 0 Å². The van der Waals surface area contributed by atoms with Crippen molar-refractivity contribution in [2.45, 2.75) is 0 Å². The number of allylic oxidation sites excluding steroid dienone is 4. The van der Waals surface area contributed by atoms with E-state index in [9.17, 15) is 0 Å². The molecule has 1 heteroatoms. The molecule has 0 aliphatic heterocycles. The Labute approximate surface area is 91.2 Å². The van der Waals surface area contributed by atoms with E-state index in [1.165, 1.54) is 0 Å². The third kappa shape index (κ3) is 2.78. The van der Waals surface area contributed by atoms with Crippen LogP contribution >= 0.6 is 0 Å². The van der Waals surface area contributed by atoms with E-state index in [0.29, 0.717) is 0 Å². The van der Waals surface area contributed by atoms with Gasteiger partial charge in [0.25, 0.3) is 0 Å². The average molecular weight is 197 g/mol. The van der Waals surface area contributed by atoms with Gasteiger partial charge < -0.3 is 0 Å². The molecule has 0 aliphatic rings. The maximum absolute atomic E-state index is 4.28. The van der Waals surface area contributed by atoms with Crippen LogP contribution in [-0.2, 0) is 0 Å². The van der Waals surface area contributed by atoms with Crippen LogP contribution in [0.15, 0.2) is 72.3 Å². The number of nitrogens with zero attached hydrogens (tertiary/aromatic N) is 1. The van der Waals surface area contributed by atoms with Crippen molar-refractivity contribution in [1.29, 1.82) is 0 Å². The number of hydrogen-bond acceptors (Lipinski definition) is 1. The number of rotatable bonds is 4. The first-order chi connectivity index (χ1) is 7.33. The van der Waals surface area contributed by atoms with E-state index < -0.39 is 0 Å². The first-order valence-electron chi connectivity index (χ1n) is 4.81. The second-order valence-electron chi connectivity index (χ2n) is 3.00. The van der Waals surface area contributed by atoms with E-state index in [1.54, 1.807) is 19.2 Å². The molecule has 0 amide bonds. The van der Waals surface area contributed by atoms with E-state index in [1.807, 2.05) is 36.4 Å². The zero-order chi connectivity index (χ0) is 11.1. The molecule has 0 unspecified atom stereocenters. The minimum Gasteiger partial charge on any atom is -0.287 e. The highest BCUT2D eigenvalue weighted by Crippen LogP contribution is 2.10. The smallest absolute Gasteiger partial charge is 0.0715 e. The monoisotopic (exact) mass is 197 g/mol. The van der Waals surface area contributed by atoms with Crippen LogP contribution in [-0.4, -0.2) is 12.8 Å². The van der Waals surface area contributed by atoms with Gasteiger partial charge in [0.15, 0.2) is 0 Å². The summed E-state index contributed by atoms with van der Waals surface area (Å²) in [6.07, 6.45) is 5.44. The van der Waals surface area contributed by atoms with Crippen molar-refractivity contribution >= 4 is 5.71 Å². The van der Waals surface area contributed by atoms with Gasteiger partial charge in [-0.05, 0) is 5.57 Å². The summed E-state index contributed by atoms with van der Waals surface area (Å²) in [6, 6.07) is 10.0. The second-order valence-corrected chi connectivity index (χ2v) is 3.00. The van der Waals surface area contributed by atoms with Gasteiger partial charge in [0.1, 0.15) is 0 Å². The lowest BCUT2D eigenvalue weighted by Gasteiger charge is -2.06. The van der Waals surface area contributed by atoms with Crippen LogP contribution in [0.25, 0.3) is 0 Å². The average Bonchev–Trinajstić information content (AvgIpc) is 2.30. The van der Waals surface area contributed by atoms with Gasteiger partial charge in [0, 0.05) is 12.6 Å². The predicted octanol–water partition coefficient (Wildman–Crippen LogP) is 3.40. The number of benzene rings is 1. The van der Waals surface area contributed by atoms with Crippen molar-refractivity contribution in [2.24, 2.45) is 4.99 Å². The second kappa shape index (κ2) is 5.76. The third-order valence-corrected chi connectivity index (χ3v) is 2.06. The minimum absolute atomic E-state index is 0.936. The summed E-state index contributed by atoms with van der Waals surface area (Å²) < 4.78 is 0. The Morgan fingerprint density at radius 1 is 1.20 bits per heavy atom. The van der Waals surface area contributed by atoms with Crippen molar-refractivity contribution in [2.75, 3.05) is 7.05 Å². The Hall–Kier alpha value is -1.89. The van der Waals surface area contributed by atoms with Gasteiger partial charge in [-0.1, -0.05) is 61.7 Å². The van der Waals surface area contributed by atoms with Crippen LogP contribution < -0.4 is 0 Å². The zero-order valence-corrected chi connectivity index (χ0v) is 8.98. The van der Waals surface area contributed by atoms with Crippen LogP contribution in [0, 0.1) is 0 Å². The fourth-order valence-corrected chi connectivity index (χ4v) is 1.39. The molecule has 15 heavy (non-hydrogen) atoms. The summed E-state index contributed by atoms with van der Waals surface area (Å²) in [5.41, 5.74) is 3.01. The summed E-state index contributed by atoms with van der Waals surface area (Å²) >= 11 is 0. The van der Waals surface area contributed by atoms with Gasteiger partial charge in [-0.3, -0.25) is 4.99 Å². The fraction of sp³-hybridized carbons (Fsp3) is 0.0714. The summed E-state index contributed by atoms with van der Waals surface area (Å²) in [5.74, 6) is 0. The highest BCUT2D eigenvalue weighted by atomic mass is 14.7. The third-order valence-electron chi connectivity index (χ3n) is 2.06. The summed E-state index contributed by atoms with van der Waals surface area (Å²) in [5, 5.41) is 0. The van der Waals surface area contributed by atoms with Gasteiger partial charge in [-0.15, -0.1) is 0 Å². The van der Waals surface area contributed by atoms with Crippen LogP contribution in [0.1, 0.15) is 5.56 Å². The molecule has 0 atom stereocenters. The Kier molecular flexibility index (Phi) is 4.30. The first kappa shape index (κ1) is 11.2. The fourth-order valence-electron chi connectivity index (χ4n) is 1.39. The van der Waals surface area contributed by atoms with Gasteiger partial charge >= 0.3 is 0 Å². The summed E-state index contributed by atoms with van der Waals surface area (Å²) in [7, 11) is 1.78. The Balaban J connectivity index is 3.16. The van der Waals surface area contributed by atoms with E-state index in [4.69, 9.17) is 0 Å². The normalized spacial score (nSPS) is 12.3. The zero-order valence-electron chi connectivity index (χ0n) is 8.98. The Bertz CT molecular complexity index is 397. The molecule has 0 bridgehead atoms. The van der Waals surface area contributed by atoms with Crippen molar-refractivity contribution in [3.05, 3.63) is 72.9 Å². The minimum atomic E-state index is 0.936. The molecule has 0 saturated heterocycles. The SMILES string of the molecule is C=C/C=C(\C=C)C(=NC)c1ccccc1.